The Kier molecular flexibility index (Phi) is 4.72. The number of rotatable bonds is 2. The van der Waals surface area contributed by atoms with Gasteiger partial charge in [0.1, 0.15) is 0 Å². The molecule has 1 aromatic carbocycles. The van der Waals surface area contributed by atoms with E-state index in [1.165, 1.54) is 12.5 Å². The fourth-order valence-corrected chi connectivity index (χ4v) is 1.32. The molecule has 0 atom stereocenters. The van der Waals surface area contributed by atoms with Crippen LogP contribution in [0.15, 0.2) is 24.3 Å². The summed E-state index contributed by atoms with van der Waals surface area (Å²) in [6.07, 6.45) is 0. The van der Waals surface area contributed by atoms with Crippen molar-refractivity contribution in [2.75, 3.05) is 0 Å². The molecule has 0 heterocycles. The molecule has 0 aliphatic heterocycles. The molecule has 0 radical (unpaired) electrons. The maximum absolute atomic E-state index is 10.6. The Morgan fingerprint density at radius 2 is 2.12 bits per heavy atom. The van der Waals surface area contributed by atoms with Gasteiger partial charge in [-0.25, -0.2) is 0 Å². The van der Waals surface area contributed by atoms with Crippen LogP contribution in [0.3, 0.4) is 0 Å². The summed E-state index contributed by atoms with van der Waals surface area (Å²) in [5, 5.41) is 3.39. The van der Waals surface area contributed by atoms with Crippen LogP contribution in [0.5, 0.6) is 0 Å². The molecular formula is C11H15N3OS. The number of nitrogens with one attached hydrogen (secondary N) is 3. The largest absolute Gasteiger partial charge is 0.357 e. The molecule has 0 aliphatic rings. The number of thiocarbonyl (C=S) groups is 1. The zero-order valence-corrected chi connectivity index (χ0v) is 10.1. The highest BCUT2D eigenvalue weighted by Gasteiger charge is 1.97. The second-order valence-corrected chi connectivity index (χ2v) is 3.89. The molecule has 0 saturated carbocycles. The average molecular weight is 237 g/mol. The lowest BCUT2D eigenvalue weighted by Crippen LogP contribution is -2.45. The smallest absolute Gasteiger partial charge is 0.235 e. The number of carbonyl (C=O) groups is 1. The zero-order valence-electron chi connectivity index (χ0n) is 9.33. The molecule has 0 spiro atoms. The van der Waals surface area contributed by atoms with Gasteiger partial charge < -0.3 is 5.32 Å². The minimum Gasteiger partial charge on any atom is -0.357 e. The number of hydrogen-bond donors (Lipinski definition) is 3. The molecule has 1 aromatic rings. The van der Waals surface area contributed by atoms with Crippen molar-refractivity contribution in [1.82, 2.24) is 16.2 Å². The van der Waals surface area contributed by atoms with Gasteiger partial charge in [0.2, 0.25) is 5.91 Å². The second-order valence-electron chi connectivity index (χ2n) is 3.48. The first-order valence-electron chi connectivity index (χ1n) is 4.94. The van der Waals surface area contributed by atoms with Crippen LogP contribution in [-0.2, 0) is 11.3 Å². The third-order valence-corrected chi connectivity index (χ3v) is 2.13. The van der Waals surface area contributed by atoms with Gasteiger partial charge in [-0.3, -0.25) is 15.6 Å². The highest BCUT2D eigenvalue weighted by molar-refractivity contribution is 7.80. The number of hydrazine groups is 1. The van der Waals surface area contributed by atoms with E-state index in [4.69, 9.17) is 12.2 Å². The van der Waals surface area contributed by atoms with Crippen LogP contribution in [0, 0.1) is 6.92 Å². The molecule has 1 rings (SSSR count). The van der Waals surface area contributed by atoms with E-state index in [9.17, 15) is 4.79 Å². The summed E-state index contributed by atoms with van der Waals surface area (Å²) in [6, 6.07) is 8.13. The summed E-state index contributed by atoms with van der Waals surface area (Å²) in [5.74, 6) is -0.181. The van der Waals surface area contributed by atoms with E-state index >= 15 is 0 Å². The first-order valence-corrected chi connectivity index (χ1v) is 5.34. The predicted octanol–water partition coefficient (Wildman–Crippen LogP) is 1.01. The van der Waals surface area contributed by atoms with E-state index in [1.807, 2.05) is 25.1 Å². The standard InChI is InChI=1S/C11H15N3OS/c1-8-4-3-5-10(6-8)7-12-11(16)14-13-9(2)15/h3-6H,7H2,1-2H3,(H,13,15)(H2,12,14,16). The lowest BCUT2D eigenvalue weighted by molar-refractivity contribution is -0.119. The fourth-order valence-electron chi connectivity index (χ4n) is 1.19. The highest BCUT2D eigenvalue weighted by atomic mass is 32.1. The van der Waals surface area contributed by atoms with Crippen LogP contribution >= 0.6 is 12.2 Å². The number of hydrogen-bond acceptors (Lipinski definition) is 2. The summed E-state index contributed by atoms with van der Waals surface area (Å²) < 4.78 is 0. The maximum atomic E-state index is 10.6. The van der Waals surface area contributed by atoms with E-state index in [0.717, 1.165) is 5.56 Å². The summed E-state index contributed by atoms with van der Waals surface area (Å²) >= 11 is 4.97. The van der Waals surface area contributed by atoms with Crippen LogP contribution in [0.4, 0.5) is 0 Å². The predicted molar refractivity (Wildman–Crippen MR) is 67.6 cm³/mol. The molecule has 4 nitrogen and oxygen atoms in total. The highest BCUT2D eigenvalue weighted by Crippen LogP contribution is 2.02. The number of aryl methyl sites for hydroxylation is 1. The zero-order chi connectivity index (χ0) is 12.0. The molecule has 0 aromatic heterocycles. The minimum atomic E-state index is -0.181. The van der Waals surface area contributed by atoms with Crippen molar-refractivity contribution in [1.29, 1.82) is 0 Å². The second kappa shape index (κ2) is 6.07. The van der Waals surface area contributed by atoms with Gasteiger partial charge in [0.25, 0.3) is 0 Å². The molecule has 3 N–H and O–H groups in total. The molecule has 0 unspecified atom stereocenters. The SMILES string of the molecule is CC(=O)NNC(=S)NCc1cccc(C)c1. The van der Waals surface area contributed by atoms with Crippen molar-refractivity contribution in [2.45, 2.75) is 20.4 Å². The lowest BCUT2D eigenvalue weighted by Gasteiger charge is -2.10. The Morgan fingerprint density at radius 3 is 2.75 bits per heavy atom. The van der Waals surface area contributed by atoms with Crippen molar-refractivity contribution in [3.8, 4) is 0 Å². The van der Waals surface area contributed by atoms with Gasteiger partial charge in [-0.15, -0.1) is 0 Å². The number of benzene rings is 1. The first kappa shape index (κ1) is 12.4. The van der Waals surface area contributed by atoms with Crippen molar-refractivity contribution >= 4 is 23.2 Å². The van der Waals surface area contributed by atoms with Gasteiger partial charge in [-0.2, -0.15) is 0 Å². The van der Waals surface area contributed by atoms with Gasteiger partial charge in [-0.05, 0) is 24.7 Å². The Morgan fingerprint density at radius 1 is 1.38 bits per heavy atom. The third kappa shape index (κ3) is 4.75. The van der Waals surface area contributed by atoms with Crippen LogP contribution in [0.2, 0.25) is 0 Å². The van der Waals surface area contributed by atoms with Crippen molar-refractivity contribution < 1.29 is 4.79 Å². The summed E-state index contributed by atoms with van der Waals surface area (Å²) in [7, 11) is 0. The Hall–Kier alpha value is -1.62. The van der Waals surface area contributed by atoms with E-state index in [-0.39, 0.29) is 5.91 Å². The quantitative estimate of drug-likeness (QED) is 0.531. The van der Waals surface area contributed by atoms with Gasteiger partial charge in [0, 0.05) is 13.5 Å². The molecule has 0 bridgehead atoms. The van der Waals surface area contributed by atoms with E-state index < -0.39 is 0 Å². The Labute approximate surface area is 100 Å². The molecule has 0 fully saturated rings. The molecule has 1 amide bonds. The normalized spacial score (nSPS) is 9.38. The van der Waals surface area contributed by atoms with Crippen molar-refractivity contribution in [2.24, 2.45) is 0 Å². The number of carbonyl (C=O) groups excluding carboxylic acids is 1. The summed E-state index contributed by atoms with van der Waals surface area (Å²) in [5.41, 5.74) is 7.34. The maximum Gasteiger partial charge on any atom is 0.235 e. The molecule has 0 aliphatic carbocycles. The van der Waals surface area contributed by atoms with Crippen LogP contribution < -0.4 is 16.2 Å². The van der Waals surface area contributed by atoms with Crippen molar-refractivity contribution in [3.63, 3.8) is 0 Å². The first-order chi connectivity index (χ1) is 7.58. The third-order valence-electron chi connectivity index (χ3n) is 1.89. The van der Waals surface area contributed by atoms with Crippen LogP contribution in [0.25, 0.3) is 0 Å². The van der Waals surface area contributed by atoms with Gasteiger partial charge in [0.05, 0.1) is 0 Å². The number of amides is 1. The van der Waals surface area contributed by atoms with Gasteiger partial charge in [0.15, 0.2) is 5.11 Å². The molecule has 5 heteroatoms. The topological polar surface area (TPSA) is 53.2 Å². The Bertz CT molecular complexity index is 393. The Balaban J connectivity index is 2.34. The summed E-state index contributed by atoms with van der Waals surface area (Å²) in [6.45, 7) is 4.08. The van der Waals surface area contributed by atoms with Crippen LogP contribution in [-0.4, -0.2) is 11.0 Å². The lowest BCUT2D eigenvalue weighted by atomic mass is 10.1. The molecule has 86 valence electrons. The van der Waals surface area contributed by atoms with Gasteiger partial charge in [-0.1, -0.05) is 29.8 Å². The van der Waals surface area contributed by atoms with E-state index in [2.05, 4.69) is 22.2 Å². The molecule has 16 heavy (non-hydrogen) atoms. The molecular weight excluding hydrogens is 222 g/mol. The summed E-state index contributed by atoms with van der Waals surface area (Å²) in [4.78, 5) is 10.6. The van der Waals surface area contributed by atoms with Crippen molar-refractivity contribution in [3.05, 3.63) is 35.4 Å². The minimum absolute atomic E-state index is 0.181. The average Bonchev–Trinajstić information content (AvgIpc) is 2.23. The fraction of sp³-hybridized carbons (Fsp3) is 0.273. The van der Waals surface area contributed by atoms with E-state index in [1.54, 1.807) is 0 Å². The van der Waals surface area contributed by atoms with E-state index in [0.29, 0.717) is 11.7 Å². The monoisotopic (exact) mass is 237 g/mol. The molecule has 0 saturated heterocycles. The van der Waals surface area contributed by atoms with Gasteiger partial charge >= 0.3 is 0 Å². The van der Waals surface area contributed by atoms with Crippen LogP contribution in [0.1, 0.15) is 18.1 Å².